The number of anilines is 2. The molecule has 1 fully saturated rings. The molecule has 4 rings (SSSR count). The van der Waals surface area contributed by atoms with Gasteiger partial charge >= 0.3 is 13.3 Å². The minimum Gasteiger partial charge on any atom is -0.495 e. The third kappa shape index (κ3) is 5.78. The third-order valence-electron chi connectivity index (χ3n) is 6.62. The molecule has 1 aliphatic rings. The molecule has 0 saturated carbocycles. The normalized spacial score (nSPS) is 16.4. The molecular weight excluding hydrogens is 502 g/mol. The summed E-state index contributed by atoms with van der Waals surface area (Å²) in [6.07, 6.45) is -4.48. The number of carbonyl (C=O) groups is 1. The fraction of sp³-hybridized carbons (Fsp3) is 0.400. The number of methoxy groups -OCH3 is 1. The first-order chi connectivity index (χ1) is 17.7. The molecule has 9 nitrogen and oxygen atoms in total. The van der Waals surface area contributed by atoms with Crippen LogP contribution in [0.1, 0.15) is 38.1 Å². The van der Waals surface area contributed by atoms with Crippen LogP contribution < -0.4 is 20.8 Å². The van der Waals surface area contributed by atoms with Gasteiger partial charge < -0.3 is 24.7 Å². The lowest BCUT2D eigenvalue weighted by atomic mass is 9.79. The SMILES string of the molecule is COc1cc(B2OC(C)(C)C(C)(C)O2)ccc1Nc1nc(-c2ccc(C(=O)NCC(F)(F)F)cc2)nn1C. The number of benzene rings is 2. The van der Waals surface area contributed by atoms with E-state index in [1.165, 1.54) is 12.1 Å². The van der Waals surface area contributed by atoms with Crippen molar-refractivity contribution in [2.75, 3.05) is 19.0 Å². The highest BCUT2D eigenvalue weighted by Crippen LogP contribution is 2.37. The summed E-state index contributed by atoms with van der Waals surface area (Å²) < 4.78 is 56.4. The van der Waals surface area contributed by atoms with E-state index in [2.05, 4.69) is 15.4 Å². The molecule has 202 valence electrons. The Bertz CT molecular complexity index is 1310. The number of aromatic nitrogens is 3. The molecule has 2 heterocycles. The minimum absolute atomic E-state index is 0.0964. The van der Waals surface area contributed by atoms with E-state index in [0.29, 0.717) is 28.8 Å². The Morgan fingerprint density at radius 3 is 2.29 bits per heavy atom. The maximum atomic E-state index is 12.3. The van der Waals surface area contributed by atoms with Crippen molar-refractivity contribution in [1.29, 1.82) is 0 Å². The summed E-state index contributed by atoms with van der Waals surface area (Å²) >= 11 is 0. The van der Waals surface area contributed by atoms with Crippen molar-refractivity contribution in [2.45, 2.75) is 45.1 Å². The van der Waals surface area contributed by atoms with Crippen molar-refractivity contribution in [3.8, 4) is 17.1 Å². The predicted molar refractivity (Wildman–Crippen MR) is 137 cm³/mol. The van der Waals surface area contributed by atoms with Crippen molar-refractivity contribution in [1.82, 2.24) is 20.1 Å². The maximum absolute atomic E-state index is 12.3. The number of amides is 1. The Morgan fingerprint density at radius 1 is 1.08 bits per heavy atom. The Kier molecular flexibility index (Phi) is 7.19. The Balaban J connectivity index is 1.49. The zero-order chi connectivity index (χ0) is 27.9. The molecule has 38 heavy (non-hydrogen) atoms. The van der Waals surface area contributed by atoms with Gasteiger partial charge in [0.25, 0.3) is 5.91 Å². The van der Waals surface area contributed by atoms with Crippen molar-refractivity contribution >= 4 is 30.1 Å². The van der Waals surface area contributed by atoms with E-state index < -0.39 is 36.9 Å². The van der Waals surface area contributed by atoms with Gasteiger partial charge in [0, 0.05) is 18.2 Å². The number of halogens is 3. The van der Waals surface area contributed by atoms with E-state index in [9.17, 15) is 18.0 Å². The summed E-state index contributed by atoms with van der Waals surface area (Å²) in [5.74, 6) is 0.524. The van der Waals surface area contributed by atoms with E-state index in [4.69, 9.17) is 14.0 Å². The van der Waals surface area contributed by atoms with Gasteiger partial charge in [-0.05, 0) is 57.4 Å². The first-order valence-electron chi connectivity index (χ1n) is 11.9. The standard InChI is InChI=1S/C25H29BF3N5O4/c1-23(2)24(3,4)38-26(37-23)17-11-12-18(19(13-17)36-6)31-22-32-20(33-34(22)5)15-7-9-16(10-8-15)21(35)30-14-25(27,28)29/h7-13H,14H2,1-6H3,(H,30,35)(H,31,32,33). The lowest BCUT2D eigenvalue weighted by Crippen LogP contribution is -2.41. The molecule has 2 aromatic carbocycles. The smallest absolute Gasteiger partial charge is 0.494 e. The topological polar surface area (TPSA) is 99.5 Å². The quantitative estimate of drug-likeness (QED) is 0.448. The lowest BCUT2D eigenvalue weighted by Gasteiger charge is -2.32. The van der Waals surface area contributed by atoms with Gasteiger partial charge in [0.2, 0.25) is 5.95 Å². The lowest BCUT2D eigenvalue weighted by molar-refractivity contribution is -0.123. The number of carbonyl (C=O) groups excluding carboxylic acids is 1. The van der Waals surface area contributed by atoms with Crippen LogP contribution in [-0.4, -0.2) is 58.8 Å². The summed E-state index contributed by atoms with van der Waals surface area (Å²) in [6.45, 7) is 6.56. The molecule has 13 heteroatoms. The van der Waals surface area contributed by atoms with Crippen LogP contribution in [0, 0.1) is 0 Å². The van der Waals surface area contributed by atoms with E-state index in [1.807, 2.05) is 51.2 Å². The molecular formula is C25H29BF3N5O4. The van der Waals surface area contributed by atoms with Crippen LogP contribution >= 0.6 is 0 Å². The summed E-state index contributed by atoms with van der Waals surface area (Å²) in [5, 5.41) is 9.45. The molecule has 1 aromatic heterocycles. The molecule has 0 aliphatic carbocycles. The number of hydrogen-bond acceptors (Lipinski definition) is 7. The van der Waals surface area contributed by atoms with Crippen molar-refractivity contribution in [2.24, 2.45) is 7.05 Å². The monoisotopic (exact) mass is 531 g/mol. The summed E-state index contributed by atoms with van der Waals surface area (Å²) in [6, 6.07) is 11.5. The summed E-state index contributed by atoms with van der Waals surface area (Å²) in [7, 11) is 2.73. The molecule has 0 atom stereocenters. The maximum Gasteiger partial charge on any atom is 0.494 e. The van der Waals surface area contributed by atoms with Crippen molar-refractivity contribution in [3.05, 3.63) is 48.0 Å². The predicted octanol–water partition coefficient (Wildman–Crippen LogP) is 3.83. The van der Waals surface area contributed by atoms with Crippen LogP contribution in [0.25, 0.3) is 11.4 Å². The van der Waals surface area contributed by atoms with Gasteiger partial charge in [0.15, 0.2) is 5.82 Å². The number of nitrogens with zero attached hydrogens (tertiary/aromatic N) is 3. The fourth-order valence-electron chi connectivity index (χ4n) is 3.73. The number of alkyl halides is 3. The van der Waals surface area contributed by atoms with Gasteiger partial charge in [-0.1, -0.05) is 18.2 Å². The molecule has 2 N–H and O–H groups in total. The molecule has 1 saturated heterocycles. The summed E-state index contributed by atoms with van der Waals surface area (Å²) in [4.78, 5) is 16.5. The Morgan fingerprint density at radius 2 is 1.71 bits per heavy atom. The molecule has 0 spiro atoms. The molecule has 0 radical (unpaired) electrons. The fourth-order valence-corrected chi connectivity index (χ4v) is 3.73. The van der Waals surface area contributed by atoms with E-state index >= 15 is 0 Å². The first-order valence-corrected chi connectivity index (χ1v) is 11.9. The molecule has 1 amide bonds. The number of rotatable bonds is 7. The van der Waals surface area contributed by atoms with Crippen molar-refractivity contribution in [3.63, 3.8) is 0 Å². The Labute approximate surface area is 218 Å². The number of ether oxygens (including phenoxy) is 1. The average molecular weight is 531 g/mol. The zero-order valence-electron chi connectivity index (χ0n) is 21.9. The van der Waals surface area contributed by atoms with Crippen LogP contribution in [0.2, 0.25) is 0 Å². The zero-order valence-corrected chi connectivity index (χ0v) is 21.9. The minimum atomic E-state index is -4.48. The van der Waals surface area contributed by atoms with Gasteiger partial charge in [-0.3, -0.25) is 4.79 Å². The average Bonchev–Trinajstić information content (AvgIpc) is 3.31. The number of nitrogens with one attached hydrogen (secondary N) is 2. The first kappa shape index (κ1) is 27.5. The number of aryl methyl sites for hydroxylation is 1. The second-order valence-corrected chi connectivity index (χ2v) is 9.93. The second-order valence-electron chi connectivity index (χ2n) is 9.93. The van der Waals surface area contributed by atoms with Crippen molar-refractivity contribution < 1.29 is 32.0 Å². The van der Waals surface area contributed by atoms with Crippen LogP contribution in [0.4, 0.5) is 24.8 Å². The van der Waals surface area contributed by atoms with Gasteiger partial charge in [-0.2, -0.15) is 18.2 Å². The van der Waals surface area contributed by atoms with Crippen LogP contribution in [0.15, 0.2) is 42.5 Å². The molecule has 0 unspecified atom stereocenters. The van der Waals surface area contributed by atoms with Crippen LogP contribution in [0.3, 0.4) is 0 Å². The highest BCUT2D eigenvalue weighted by molar-refractivity contribution is 6.62. The third-order valence-corrected chi connectivity index (χ3v) is 6.62. The highest BCUT2D eigenvalue weighted by Gasteiger charge is 2.51. The Hall–Kier alpha value is -3.58. The van der Waals surface area contributed by atoms with E-state index in [0.717, 1.165) is 5.46 Å². The molecule has 3 aromatic rings. The van der Waals surface area contributed by atoms with Gasteiger partial charge in [-0.15, -0.1) is 5.10 Å². The summed E-state index contributed by atoms with van der Waals surface area (Å²) in [5.41, 5.74) is 1.20. The van der Waals surface area contributed by atoms with Gasteiger partial charge in [0.1, 0.15) is 12.3 Å². The molecule has 1 aliphatic heterocycles. The molecule has 0 bridgehead atoms. The van der Waals surface area contributed by atoms with E-state index in [1.54, 1.807) is 31.0 Å². The van der Waals surface area contributed by atoms with Crippen LogP contribution in [0.5, 0.6) is 5.75 Å². The van der Waals surface area contributed by atoms with Gasteiger partial charge in [-0.25, -0.2) is 4.68 Å². The van der Waals surface area contributed by atoms with Crippen LogP contribution in [-0.2, 0) is 16.4 Å². The number of hydrogen-bond donors (Lipinski definition) is 2. The largest absolute Gasteiger partial charge is 0.495 e. The highest BCUT2D eigenvalue weighted by atomic mass is 19.4. The second kappa shape index (κ2) is 9.95. The van der Waals surface area contributed by atoms with Gasteiger partial charge in [0.05, 0.1) is 24.0 Å². The van der Waals surface area contributed by atoms with E-state index in [-0.39, 0.29) is 5.56 Å².